The molecule has 0 aromatic rings. The van der Waals surface area contributed by atoms with Crippen molar-refractivity contribution < 1.29 is 4.79 Å². The van der Waals surface area contributed by atoms with Crippen LogP contribution in [0.4, 0.5) is 0 Å². The van der Waals surface area contributed by atoms with Crippen LogP contribution in [0.5, 0.6) is 0 Å². The van der Waals surface area contributed by atoms with Gasteiger partial charge in [0.15, 0.2) is 0 Å². The minimum atomic E-state index is -0.387. The summed E-state index contributed by atoms with van der Waals surface area (Å²) in [5.41, 5.74) is 11.4. The van der Waals surface area contributed by atoms with E-state index in [1.54, 1.807) is 6.92 Å². The summed E-state index contributed by atoms with van der Waals surface area (Å²) in [6.45, 7) is 5.31. The van der Waals surface area contributed by atoms with Crippen molar-refractivity contribution >= 4 is 5.91 Å². The summed E-state index contributed by atoms with van der Waals surface area (Å²) < 4.78 is 0. The van der Waals surface area contributed by atoms with E-state index in [9.17, 15) is 4.79 Å². The lowest BCUT2D eigenvalue weighted by Gasteiger charge is -2.35. The van der Waals surface area contributed by atoms with Gasteiger partial charge in [0.2, 0.25) is 5.91 Å². The van der Waals surface area contributed by atoms with Crippen LogP contribution >= 0.6 is 0 Å². The Kier molecular flexibility index (Phi) is 3.27. The van der Waals surface area contributed by atoms with Crippen molar-refractivity contribution in [1.29, 1.82) is 0 Å². The maximum Gasteiger partial charge on any atom is 0.239 e. The van der Waals surface area contributed by atoms with Crippen molar-refractivity contribution in [3.63, 3.8) is 0 Å². The number of carbonyl (C=O) groups excluding carboxylic acids is 1. The zero-order valence-electron chi connectivity index (χ0n) is 8.36. The third kappa shape index (κ3) is 2.42. The second kappa shape index (κ2) is 4.07. The van der Waals surface area contributed by atoms with Gasteiger partial charge in [0.1, 0.15) is 0 Å². The molecule has 3 atom stereocenters. The average Bonchev–Trinajstić information content (AvgIpc) is 2.08. The first-order valence-corrected chi connectivity index (χ1v) is 4.82. The number of likely N-dealkylation sites (tertiary alicyclic amines) is 1. The summed E-state index contributed by atoms with van der Waals surface area (Å²) >= 11 is 0. The topological polar surface area (TPSA) is 72.4 Å². The number of hydrogen-bond acceptors (Lipinski definition) is 3. The predicted octanol–water partition coefficient (Wildman–Crippen LogP) is -0.471. The van der Waals surface area contributed by atoms with Crippen LogP contribution in [0.15, 0.2) is 0 Å². The first-order valence-electron chi connectivity index (χ1n) is 4.82. The molecule has 1 saturated heterocycles. The average molecular weight is 185 g/mol. The standard InChI is InChI=1S/C9H19N3O/c1-6-5-12(4-3-8(6)11)9(13)7(2)10/h6-8H,3-5,10-11H2,1-2H3. The lowest BCUT2D eigenvalue weighted by molar-refractivity contribution is -0.134. The van der Waals surface area contributed by atoms with E-state index < -0.39 is 0 Å². The molecule has 4 N–H and O–H groups in total. The van der Waals surface area contributed by atoms with Gasteiger partial charge in [0.25, 0.3) is 0 Å². The largest absolute Gasteiger partial charge is 0.341 e. The number of nitrogens with zero attached hydrogens (tertiary/aromatic N) is 1. The van der Waals surface area contributed by atoms with Gasteiger partial charge in [-0.2, -0.15) is 0 Å². The van der Waals surface area contributed by atoms with Crippen LogP contribution in [0.1, 0.15) is 20.3 Å². The fourth-order valence-electron chi connectivity index (χ4n) is 1.65. The molecule has 4 heteroatoms. The molecule has 13 heavy (non-hydrogen) atoms. The van der Waals surface area contributed by atoms with Gasteiger partial charge in [-0.05, 0) is 19.3 Å². The third-order valence-electron chi connectivity index (χ3n) is 2.67. The van der Waals surface area contributed by atoms with E-state index in [0.29, 0.717) is 5.92 Å². The van der Waals surface area contributed by atoms with Crippen LogP contribution in [0.25, 0.3) is 0 Å². The second-order valence-corrected chi connectivity index (χ2v) is 4.00. The first kappa shape index (κ1) is 10.5. The molecule has 1 rings (SSSR count). The molecule has 1 fully saturated rings. The van der Waals surface area contributed by atoms with Gasteiger partial charge in [-0.3, -0.25) is 4.79 Å². The minimum absolute atomic E-state index is 0.0405. The number of nitrogens with two attached hydrogens (primary N) is 2. The lowest BCUT2D eigenvalue weighted by atomic mass is 9.94. The predicted molar refractivity (Wildman–Crippen MR) is 52.0 cm³/mol. The van der Waals surface area contributed by atoms with Crippen molar-refractivity contribution in [3.8, 4) is 0 Å². The summed E-state index contributed by atoms with van der Waals surface area (Å²) in [7, 11) is 0. The van der Waals surface area contributed by atoms with Gasteiger partial charge in [0, 0.05) is 19.1 Å². The Labute approximate surface area is 79.3 Å². The van der Waals surface area contributed by atoms with E-state index in [-0.39, 0.29) is 18.0 Å². The molecule has 1 aliphatic heterocycles. The van der Waals surface area contributed by atoms with Crippen molar-refractivity contribution in [2.75, 3.05) is 13.1 Å². The summed E-state index contributed by atoms with van der Waals surface area (Å²) in [5, 5.41) is 0. The molecule has 0 aromatic heterocycles. The fraction of sp³-hybridized carbons (Fsp3) is 0.889. The molecule has 0 bridgehead atoms. The molecular weight excluding hydrogens is 166 g/mol. The van der Waals surface area contributed by atoms with Gasteiger partial charge in [0.05, 0.1) is 6.04 Å². The molecule has 0 aromatic carbocycles. The molecule has 1 amide bonds. The molecule has 0 saturated carbocycles. The molecule has 3 unspecified atom stereocenters. The highest BCUT2D eigenvalue weighted by atomic mass is 16.2. The smallest absolute Gasteiger partial charge is 0.239 e. The molecule has 0 radical (unpaired) electrons. The molecule has 76 valence electrons. The summed E-state index contributed by atoms with van der Waals surface area (Å²) in [4.78, 5) is 13.3. The van der Waals surface area contributed by atoms with Crippen LogP contribution in [0.2, 0.25) is 0 Å². The highest BCUT2D eigenvalue weighted by Crippen LogP contribution is 2.15. The Hall–Kier alpha value is -0.610. The van der Waals surface area contributed by atoms with E-state index in [1.807, 2.05) is 4.90 Å². The van der Waals surface area contributed by atoms with Gasteiger partial charge >= 0.3 is 0 Å². The lowest BCUT2D eigenvalue weighted by Crippen LogP contribution is -2.51. The Bertz CT molecular complexity index is 193. The van der Waals surface area contributed by atoms with Crippen molar-refractivity contribution in [1.82, 2.24) is 4.90 Å². The molecule has 0 spiro atoms. The second-order valence-electron chi connectivity index (χ2n) is 4.00. The zero-order valence-corrected chi connectivity index (χ0v) is 8.36. The maximum atomic E-state index is 11.5. The van der Waals surface area contributed by atoms with Crippen LogP contribution in [0.3, 0.4) is 0 Å². The van der Waals surface area contributed by atoms with Crippen molar-refractivity contribution in [2.24, 2.45) is 17.4 Å². The van der Waals surface area contributed by atoms with Crippen molar-refractivity contribution in [3.05, 3.63) is 0 Å². The fourth-order valence-corrected chi connectivity index (χ4v) is 1.65. The monoisotopic (exact) mass is 185 g/mol. The van der Waals surface area contributed by atoms with Crippen LogP contribution < -0.4 is 11.5 Å². The number of hydrogen-bond donors (Lipinski definition) is 2. The normalized spacial score (nSPS) is 31.5. The molecule has 4 nitrogen and oxygen atoms in total. The summed E-state index contributed by atoms with van der Waals surface area (Å²) in [6, 6.07) is -0.154. The number of carbonyl (C=O) groups is 1. The molecule has 1 heterocycles. The SMILES string of the molecule is CC(N)C(=O)N1CCC(N)C(C)C1. The van der Waals surface area contributed by atoms with Crippen LogP contribution in [-0.4, -0.2) is 36.0 Å². The van der Waals surface area contributed by atoms with Crippen molar-refractivity contribution in [2.45, 2.75) is 32.4 Å². The van der Waals surface area contributed by atoms with Crippen LogP contribution in [-0.2, 0) is 4.79 Å². The quantitative estimate of drug-likeness (QED) is 0.580. The third-order valence-corrected chi connectivity index (χ3v) is 2.67. The van der Waals surface area contributed by atoms with Gasteiger partial charge < -0.3 is 16.4 Å². The van der Waals surface area contributed by atoms with E-state index >= 15 is 0 Å². The molecule has 0 aliphatic carbocycles. The van der Waals surface area contributed by atoms with Gasteiger partial charge in [-0.15, -0.1) is 0 Å². The van der Waals surface area contributed by atoms with Gasteiger partial charge in [-0.25, -0.2) is 0 Å². The molecular formula is C9H19N3O. The summed E-state index contributed by atoms with van der Waals surface area (Å²) in [6.07, 6.45) is 0.889. The Balaban J connectivity index is 2.50. The minimum Gasteiger partial charge on any atom is -0.341 e. The Morgan fingerprint density at radius 3 is 2.69 bits per heavy atom. The maximum absolute atomic E-state index is 11.5. The van der Waals surface area contributed by atoms with Gasteiger partial charge in [-0.1, -0.05) is 6.92 Å². The highest BCUT2D eigenvalue weighted by Gasteiger charge is 2.27. The Morgan fingerprint density at radius 1 is 1.62 bits per heavy atom. The van der Waals surface area contributed by atoms with E-state index in [2.05, 4.69) is 6.92 Å². The number of piperidine rings is 1. The first-order chi connectivity index (χ1) is 6.02. The number of rotatable bonds is 1. The zero-order chi connectivity index (χ0) is 10.0. The number of amides is 1. The van der Waals surface area contributed by atoms with Crippen LogP contribution in [0, 0.1) is 5.92 Å². The Morgan fingerprint density at radius 2 is 2.23 bits per heavy atom. The van der Waals surface area contributed by atoms with E-state index in [4.69, 9.17) is 11.5 Å². The summed E-state index contributed by atoms with van der Waals surface area (Å²) in [5.74, 6) is 0.426. The molecule has 1 aliphatic rings. The highest BCUT2D eigenvalue weighted by molar-refractivity contribution is 5.81. The van der Waals surface area contributed by atoms with E-state index in [0.717, 1.165) is 19.5 Å². The van der Waals surface area contributed by atoms with E-state index in [1.165, 1.54) is 0 Å².